The molecule has 0 bridgehead atoms. The minimum Gasteiger partial charge on any atom is -0.308 e. The van der Waals surface area contributed by atoms with Crippen LogP contribution in [0.3, 0.4) is 0 Å². The molecule has 1 aliphatic rings. The molecule has 0 unspecified atom stereocenters. The molecule has 3 aromatic rings. The fourth-order valence-electron chi connectivity index (χ4n) is 3.24. The first-order valence-corrected chi connectivity index (χ1v) is 9.11. The first-order valence-electron chi connectivity index (χ1n) is 8.23. The molecule has 1 fully saturated rings. The van der Waals surface area contributed by atoms with Crippen LogP contribution in [0, 0.1) is 0 Å². The zero-order valence-corrected chi connectivity index (χ0v) is 14.1. The van der Waals surface area contributed by atoms with Crippen molar-refractivity contribution in [3.05, 3.63) is 69.6 Å². The second-order valence-corrected chi connectivity index (χ2v) is 7.01. The fraction of sp³-hybridized carbons (Fsp3) is 0.263. The highest BCUT2D eigenvalue weighted by molar-refractivity contribution is 7.17. The van der Waals surface area contributed by atoms with Gasteiger partial charge < -0.3 is 4.98 Å². The van der Waals surface area contributed by atoms with Crippen molar-refractivity contribution in [1.29, 1.82) is 0 Å². The number of benzene rings is 1. The maximum atomic E-state index is 12.1. The van der Waals surface area contributed by atoms with Crippen molar-refractivity contribution >= 4 is 27.6 Å². The monoisotopic (exact) mass is 337 g/mol. The summed E-state index contributed by atoms with van der Waals surface area (Å²) >= 11 is 1.44. The Kier molecular flexibility index (Phi) is 4.28. The van der Waals surface area contributed by atoms with Gasteiger partial charge in [0.2, 0.25) is 0 Å². The second-order valence-electron chi connectivity index (χ2n) is 6.10. The summed E-state index contributed by atoms with van der Waals surface area (Å²) in [5.74, 6) is 0.755. The van der Waals surface area contributed by atoms with Gasteiger partial charge in [0.15, 0.2) is 0 Å². The van der Waals surface area contributed by atoms with Gasteiger partial charge in [0.05, 0.1) is 12.1 Å². The van der Waals surface area contributed by atoms with Gasteiger partial charge in [-0.05, 0) is 36.4 Å². The number of likely N-dealkylation sites (tertiary alicyclic amines) is 1. The molecule has 1 N–H and O–H groups in total. The quantitative estimate of drug-likeness (QED) is 0.790. The molecular formula is C19H19N3OS. The van der Waals surface area contributed by atoms with Crippen LogP contribution in [0.2, 0.25) is 0 Å². The summed E-state index contributed by atoms with van der Waals surface area (Å²) < 4.78 is 0.709. The van der Waals surface area contributed by atoms with Crippen LogP contribution in [0.15, 0.2) is 52.6 Å². The van der Waals surface area contributed by atoms with Gasteiger partial charge in [0.1, 0.15) is 10.5 Å². The molecule has 1 aromatic carbocycles. The number of fused-ring (bicyclic) bond motifs is 1. The van der Waals surface area contributed by atoms with Crippen LogP contribution in [0.1, 0.15) is 24.2 Å². The molecule has 4 rings (SSSR count). The summed E-state index contributed by atoms with van der Waals surface area (Å²) in [5.41, 5.74) is 1.99. The maximum Gasteiger partial charge on any atom is 0.268 e. The molecule has 1 saturated heterocycles. The number of thiophene rings is 1. The van der Waals surface area contributed by atoms with Crippen LogP contribution >= 0.6 is 11.3 Å². The Hall–Kier alpha value is -2.24. The minimum absolute atomic E-state index is 0.0272. The first kappa shape index (κ1) is 15.3. The average Bonchev–Trinajstić information content (AvgIpc) is 3.23. The lowest BCUT2D eigenvalue weighted by molar-refractivity contribution is 0.275. The molecule has 0 radical (unpaired) electrons. The van der Waals surface area contributed by atoms with Gasteiger partial charge in [-0.25, -0.2) is 4.98 Å². The summed E-state index contributed by atoms with van der Waals surface area (Å²) in [6.45, 7) is 1.72. The predicted octanol–water partition coefficient (Wildman–Crippen LogP) is 3.66. The van der Waals surface area contributed by atoms with Crippen molar-refractivity contribution < 1.29 is 0 Å². The lowest BCUT2D eigenvalue weighted by atomic mass is 10.1. The Morgan fingerprint density at radius 1 is 1.29 bits per heavy atom. The number of aromatic nitrogens is 2. The molecular weight excluding hydrogens is 318 g/mol. The van der Waals surface area contributed by atoms with Crippen LogP contribution in [0.5, 0.6) is 0 Å². The summed E-state index contributed by atoms with van der Waals surface area (Å²) in [5, 5.41) is 1.91. The van der Waals surface area contributed by atoms with E-state index in [-0.39, 0.29) is 5.56 Å². The molecule has 0 saturated carbocycles. The van der Waals surface area contributed by atoms with E-state index >= 15 is 0 Å². The molecule has 24 heavy (non-hydrogen) atoms. The lowest BCUT2D eigenvalue weighted by Crippen LogP contribution is -2.29. The smallest absolute Gasteiger partial charge is 0.268 e. The largest absolute Gasteiger partial charge is 0.308 e. The topological polar surface area (TPSA) is 49.0 Å². The highest BCUT2D eigenvalue weighted by Gasteiger charge is 2.23. The standard InChI is InChI=1S/C19H19N3OS/c23-19-18-16(10-12-24-18)20-17(21-19)13-22-11-4-7-15(22)9-8-14-5-2-1-3-6-14/h1-3,5-6,8-10,12,15H,4,7,11,13H2,(H,20,21,23)/b9-8+/t15-/m0/s1. The normalized spacial score (nSPS) is 18.8. The number of H-pyrrole nitrogens is 1. The Morgan fingerprint density at radius 3 is 3.04 bits per heavy atom. The summed E-state index contributed by atoms with van der Waals surface area (Å²) in [7, 11) is 0. The maximum absolute atomic E-state index is 12.1. The highest BCUT2D eigenvalue weighted by atomic mass is 32.1. The number of nitrogens with zero attached hydrogens (tertiary/aromatic N) is 2. The van der Waals surface area contributed by atoms with Gasteiger partial charge in [0.25, 0.3) is 5.56 Å². The van der Waals surface area contributed by atoms with Crippen molar-refractivity contribution in [1.82, 2.24) is 14.9 Å². The number of aromatic amines is 1. The summed E-state index contributed by atoms with van der Waals surface area (Å²) in [6, 6.07) is 12.7. The third-order valence-electron chi connectivity index (χ3n) is 4.44. The van der Waals surface area contributed by atoms with Crippen molar-refractivity contribution in [3.8, 4) is 0 Å². The third kappa shape index (κ3) is 3.18. The third-order valence-corrected chi connectivity index (χ3v) is 5.34. The number of rotatable bonds is 4. The predicted molar refractivity (Wildman–Crippen MR) is 99.1 cm³/mol. The van der Waals surface area contributed by atoms with Crippen LogP contribution in [-0.2, 0) is 6.54 Å². The van der Waals surface area contributed by atoms with Crippen molar-refractivity contribution in [3.63, 3.8) is 0 Å². The SMILES string of the molecule is O=c1[nH]c(CN2CCC[C@H]2/C=C/c2ccccc2)nc2ccsc12. The Balaban J connectivity index is 1.52. The van der Waals surface area contributed by atoms with Gasteiger partial charge in [-0.3, -0.25) is 9.69 Å². The van der Waals surface area contributed by atoms with E-state index in [4.69, 9.17) is 0 Å². The van der Waals surface area contributed by atoms with E-state index in [0.717, 1.165) is 24.3 Å². The molecule has 0 spiro atoms. The molecule has 1 aliphatic heterocycles. The zero-order valence-electron chi connectivity index (χ0n) is 13.3. The summed E-state index contributed by atoms with van der Waals surface area (Å²) in [6.07, 6.45) is 6.77. The minimum atomic E-state index is -0.0272. The number of hydrogen-bond acceptors (Lipinski definition) is 4. The van der Waals surface area contributed by atoms with Crippen molar-refractivity contribution in [2.24, 2.45) is 0 Å². The van der Waals surface area contributed by atoms with E-state index in [1.807, 2.05) is 17.5 Å². The van der Waals surface area contributed by atoms with E-state index in [0.29, 0.717) is 17.3 Å². The van der Waals surface area contributed by atoms with Gasteiger partial charge >= 0.3 is 0 Å². The van der Waals surface area contributed by atoms with E-state index < -0.39 is 0 Å². The fourth-order valence-corrected chi connectivity index (χ4v) is 3.97. The second kappa shape index (κ2) is 6.71. The Morgan fingerprint density at radius 2 is 2.17 bits per heavy atom. The van der Waals surface area contributed by atoms with Gasteiger partial charge in [-0.15, -0.1) is 11.3 Å². The molecule has 5 heteroatoms. The molecule has 2 aromatic heterocycles. The zero-order chi connectivity index (χ0) is 16.4. The van der Waals surface area contributed by atoms with Crippen LogP contribution in [0.4, 0.5) is 0 Å². The van der Waals surface area contributed by atoms with E-state index in [1.165, 1.54) is 23.3 Å². The Bertz CT molecular complexity index is 913. The highest BCUT2D eigenvalue weighted by Crippen LogP contribution is 2.22. The van der Waals surface area contributed by atoms with Crippen molar-refractivity contribution in [2.45, 2.75) is 25.4 Å². The lowest BCUT2D eigenvalue weighted by Gasteiger charge is -2.21. The van der Waals surface area contributed by atoms with Gasteiger partial charge in [-0.2, -0.15) is 0 Å². The molecule has 0 amide bonds. The van der Waals surface area contributed by atoms with E-state index in [1.54, 1.807) is 0 Å². The van der Waals surface area contributed by atoms with Gasteiger partial charge in [-0.1, -0.05) is 42.5 Å². The average molecular weight is 337 g/mol. The molecule has 0 aliphatic carbocycles. The molecule has 3 heterocycles. The Labute approximate surface area is 144 Å². The van der Waals surface area contributed by atoms with Gasteiger partial charge in [0, 0.05) is 6.04 Å². The molecule has 4 nitrogen and oxygen atoms in total. The van der Waals surface area contributed by atoms with E-state index in [9.17, 15) is 4.79 Å². The molecule has 1 atom stereocenters. The van der Waals surface area contributed by atoms with E-state index in [2.05, 4.69) is 51.3 Å². The summed E-state index contributed by atoms with van der Waals surface area (Å²) in [4.78, 5) is 22.0. The first-order chi connectivity index (χ1) is 11.8. The number of nitrogens with one attached hydrogen (secondary N) is 1. The number of hydrogen-bond donors (Lipinski definition) is 1. The van der Waals surface area contributed by atoms with Crippen LogP contribution < -0.4 is 5.56 Å². The van der Waals surface area contributed by atoms with Crippen LogP contribution in [0.25, 0.3) is 16.3 Å². The van der Waals surface area contributed by atoms with Crippen LogP contribution in [-0.4, -0.2) is 27.5 Å². The van der Waals surface area contributed by atoms with Crippen molar-refractivity contribution in [2.75, 3.05) is 6.54 Å². The molecule has 122 valence electrons.